The molecule has 0 bridgehead atoms. The normalized spacial score (nSPS) is 10.6. The van der Waals surface area contributed by atoms with Crippen molar-refractivity contribution in [1.29, 1.82) is 0 Å². The Hall–Kier alpha value is -4.06. The van der Waals surface area contributed by atoms with Gasteiger partial charge >= 0.3 is 0 Å². The van der Waals surface area contributed by atoms with E-state index in [0.29, 0.717) is 17.7 Å². The number of nitrogens with one attached hydrogen (secondary N) is 1. The second-order valence-electron chi connectivity index (χ2n) is 6.76. The lowest BCUT2D eigenvalue weighted by atomic mass is 10.00. The first-order valence-electron chi connectivity index (χ1n) is 9.40. The lowest BCUT2D eigenvalue weighted by Gasteiger charge is -2.11. The maximum atomic E-state index is 14.7. The van der Waals surface area contributed by atoms with Gasteiger partial charge in [-0.25, -0.2) is 9.37 Å². The maximum Gasteiger partial charge on any atom is 0.254 e. The fourth-order valence-corrected chi connectivity index (χ4v) is 3.15. The molecular weight excluding hydrogens is 379 g/mol. The fraction of sp³-hybridized carbons (Fsp3) is 0.0417. The highest BCUT2D eigenvalue weighted by atomic mass is 19.1. The summed E-state index contributed by atoms with van der Waals surface area (Å²) >= 11 is 0. The molecule has 2 heterocycles. The van der Waals surface area contributed by atoms with Gasteiger partial charge in [0.2, 0.25) is 0 Å². The quantitative estimate of drug-likeness (QED) is 0.520. The highest BCUT2D eigenvalue weighted by Gasteiger charge is 2.14. The van der Waals surface area contributed by atoms with Crippen LogP contribution in [0.2, 0.25) is 0 Å². The molecule has 0 aliphatic rings. The number of amides is 1. The van der Waals surface area contributed by atoms with Gasteiger partial charge in [0.1, 0.15) is 11.6 Å². The highest BCUT2D eigenvalue weighted by molar-refractivity contribution is 5.95. The van der Waals surface area contributed by atoms with Crippen LogP contribution in [-0.4, -0.2) is 15.9 Å². The van der Waals surface area contributed by atoms with Crippen molar-refractivity contribution < 1.29 is 9.18 Å². The molecule has 0 aliphatic carbocycles. The van der Waals surface area contributed by atoms with Gasteiger partial charge in [-0.3, -0.25) is 9.78 Å². The van der Waals surface area contributed by atoms with E-state index in [2.05, 4.69) is 15.3 Å². The zero-order valence-corrected chi connectivity index (χ0v) is 16.0. The average molecular weight is 398 g/mol. The molecule has 0 atom stereocenters. The number of rotatable bonds is 5. The lowest BCUT2D eigenvalue weighted by Crippen LogP contribution is -2.23. The molecular formula is C24H19FN4O. The second kappa shape index (κ2) is 8.53. The summed E-state index contributed by atoms with van der Waals surface area (Å²) in [4.78, 5) is 20.6. The number of hydrogen-bond acceptors (Lipinski definition) is 4. The third-order valence-electron chi connectivity index (χ3n) is 4.75. The van der Waals surface area contributed by atoms with Crippen molar-refractivity contribution in [1.82, 2.24) is 15.3 Å². The molecule has 2 aromatic carbocycles. The molecule has 4 aromatic rings. The number of nitrogen functional groups attached to an aromatic ring is 1. The maximum absolute atomic E-state index is 14.7. The number of nitrogens with zero attached hydrogens (tertiary/aromatic N) is 2. The second-order valence-corrected chi connectivity index (χ2v) is 6.76. The summed E-state index contributed by atoms with van der Waals surface area (Å²) < 4.78 is 14.7. The largest absolute Gasteiger partial charge is 0.383 e. The number of carbonyl (C=O) groups is 1. The van der Waals surface area contributed by atoms with Crippen LogP contribution in [0, 0.1) is 5.82 Å². The van der Waals surface area contributed by atoms with Crippen molar-refractivity contribution in [3.63, 3.8) is 0 Å². The smallest absolute Gasteiger partial charge is 0.254 e. The lowest BCUT2D eigenvalue weighted by molar-refractivity contribution is 0.0947. The van der Waals surface area contributed by atoms with Gasteiger partial charge in [-0.05, 0) is 47.0 Å². The summed E-state index contributed by atoms with van der Waals surface area (Å²) in [6.07, 6.45) is 5.04. The van der Waals surface area contributed by atoms with Crippen LogP contribution in [0.5, 0.6) is 0 Å². The Bertz CT molecular complexity index is 1180. The summed E-state index contributed by atoms with van der Waals surface area (Å²) in [5.41, 5.74) is 9.86. The SMILES string of the molecule is Nc1ncc(-c2ccncc2)cc1-c1ccc(C(=O)NCc2ccccc2)c(F)c1. The van der Waals surface area contributed by atoms with Crippen LogP contribution in [0.1, 0.15) is 15.9 Å². The number of carbonyl (C=O) groups excluding carboxylic acids is 1. The zero-order valence-electron chi connectivity index (χ0n) is 16.0. The Morgan fingerprint density at radius 3 is 2.43 bits per heavy atom. The number of pyridine rings is 2. The van der Waals surface area contributed by atoms with Gasteiger partial charge < -0.3 is 11.1 Å². The number of aromatic nitrogens is 2. The van der Waals surface area contributed by atoms with E-state index in [1.807, 2.05) is 48.5 Å². The van der Waals surface area contributed by atoms with Crippen LogP contribution in [-0.2, 0) is 6.54 Å². The predicted octanol–water partition coefficient (Wildman–Crippen LogP) is 4.46. The number of nitrogens with two attached hydrogens (primary N) is 1. The molecule has 148 valence electrons. The number of benzene rings is 2. The van der Waals surface area contributed by atoms with E-state index in [1.54, 1.807) is 24.7 Å². The summed E-state index contributed by atoms with van der Waals surface area (Å²) in [5, 5.41) is 2.74. The molecule has 4 rings (SSSR count). The first-order chi connectivity index (χ1) is 14.6. The number of halogens is 1. The van der Waals surface area contributed by atoms with Crippen molar-refractivity contribution in [3.05, 3.63) is 102 Å². The third-order valence-corrected chi connectivity index (χ3v) is 4.75. The van der Waals surface area contributed by atoms with Crippen molar-refractivity contribution >= 4 is 11.7 Å². The van der Waals surface area contributed by atoms with E-state index in [9.17, 15) is 9.18 Å². The Morgan fingerprint density at radius 2 is 1.70 bits per heavy atom. The Balaban J connectivity index is 1.58. The van der Waals surface area contributed by atoms with Crippen LogP contribution in [0.25, 0.3) is 22.3 Å². The molecule has 3 N–H and O–H groups in total. The Kier molecular flexibility index (Phi) is 5.48. The van der Waals surface area contributed by atoms with Crippen LogP contribution < -0.4 is 11.1 Å². The third kappa shape index (κ3) is 4.17. The minimum atomic E-state index is -0.619. The Morgan fingerprint density at radius 1 is 0.933 bits per heavy atom. The predicted molar refractivity (Wildman–Crippen MR) is 115 cm³/mol. The zero-order chi connectivity index (χ0) is 20.9. The van der Waals surface area contributed by atoms with E-state index >= 15 is 0 Å². The van der Waals surface area contributed by atoms with Crippen molar-refractivity contribution in [2.45, 2.75) is 6.54 Å². The topological polar surface area (TPSA) is 80.9 Å². The van der Waals surface area contributed by atoms with E-state index in [4.69, 9.17) is 5.73 Å². The average Bonchev–Trinajstić information content (AvgIpc) is 2.79. The summed E-state index contributed by atoms with van der Waals surface area (Å²) in [5.74, 6) is -0.806. The van der Waals surface area contributed by atoms with Crippen LogP contribution in [0.3, 0.4) is 0 Å². The fourth-order valence-electron chi connectivity index (χ4n) is 3.15. The summed E-state index contributed by atoms with van der Waals surface area (Å²) in [6.45, 7) is 0.325. The molecule has 2 aromatic heterocycles. The molecule has 0 fully saturated rings. The van der Waals surface area contributed by atoms with Gasteiger partial charge in [0.25, 0.3) is 5.91 Å². The van der Waals surface area contributed by atoms with Gasteiger partial charge in [-0.15, -0.1) is 0 Å². The summed E-state index contributed by atoms with van der Waals surface area (Å²) in [6, 6.07) is 19.5. The van der Waals surface area contributed by atoms with Gasteiger partial charge in [0, 0.05) is 36.3 Å². The van der Waals surface area contributed by atoms with E-state index < -0.39 is 11.7 Å². The van der Waals surface area contributed by atoms with Crippen molar-refractivity contribution in [3.8, 4) is 22.3 Å². The molecule has 1 amide bonds. The van der Waals surface area contributed by atoms with E-state index in [-0.39, 0.29) is 11.4 Å². The monoisotopic (exact) mass is 398 g/mol. The molecule has 0 saturated carbocycles. The van der Waals surface area contributed by atoms with Gasteiger partial charge in [0.05, 0.1) is 5.56 Å². The Labute approximate surface area is 173 Å². The van der Waals surface area contributed by atoms with Crippen molar-refractivity contribution in [2.75, 3.05) is 5.73 Å². The van der Waals surface area contributed by atoms with Gasteiger partial charge in [-0.2, -0.15) is 0 Å². The highest BCUT2D eigenvalue weighted by Crippen LogP contribution is 2.30. The molecule has 0 unspecified atom stereocenters. The first kappa shape index (κ1) is 19.3. The molecule has 0 spiro atoms. The van der Waals surface area contributed by atoms with Gasteiger partial charge in [-0.1, -0.05) is 36.4 Å². The van der Waals surface area contributed by atoms with Crippen molar-refractivity contribution in [2.24, 2.45) is 0 Å². The van der Waals surface area contributed by atoms with Crippen LogP contribution >= 0.6 is 0 Å². The minimum absolute atomic E-state index is 0.0218. The summed E-state index contributed by atoms with van der Waals surface area (Å²) in [7, 11) is 0. The minimum Gasteiger partial charge on any atom is -0.383 e. The van der Waals surface area contributed by atoms with E-state index in [1.165, 1.54) is 12.1 Å². The first-order valence-corrected chi connectivity index (χ1v) is 9.40. The van der Waals surface area contributed by atoms with Crippen LogP contribution in [0.15, 0.2) is 85.3 Å². The molecule has 6 heteroatoms. The molecule has 5 nitrogen and oxygen atoms in total. The van der Waals surface area contributed by atoms with E-state index in [0.717, 1.165) is 16.7 Å². The molecule has 0 radical (unpaired) electrons. The molecule has 0 aliphatic heterocycles. The molecule has 0 saturated heterocycles. The van der Waals surface area contributed by atoms with Gasteiger partial charge in [0.15, 0.2) is 0 Å². The van der Waals surface area contributed by atoms with Crippen LogP contribution in [0.4, 0.5) is 10.2 Å². The standard InChI is InChI=1S/C24H19FN4O/c25-22-13-18(6-7-20(22)24(30)29-14-16-4-2-1-3-5-16)21-12-19(15-28-23(21)26)17-8-10-27-11-9-17/h1-13,15H,14H2,(H2,26,28)(H,29,30). The molecule has 30 heavy (non-hydrogen) atoms. The number of hydrogen-bond donors (Lipinski definition) is 2. The number of anilines is 1.